The summed E-state index contributed by atoms with van der Waals surface area (Å²) in [6.07, 6.45) is 3.90. The second kappa shape index (κ2) is 7.15. The van der Waals surface area contributed by atoms with Gasteiger partial charge in [0.25, 0.3) is 5.91 Å². The zero-order chi connectivity index (χ0) is 14.5. The van der Waals surface area contributed by atoms with Crippen LogP contribution < -0.4 is 5.32 Å². The van der Waals surface area contributed by atoms with Crippen LogP contribution in [-0.2, 0) is 4.74 Å². The summed E-state index contributed by atoms with van der Waals surface area (Å²) in [6.45, 7) is 5.18. The van der Waals surface area contributed by atoms with Crippen molar-refractivity contribution >= 4 is 17.2 Å². The van der Waals surface area contributed by atoms with E-state index in [2.05, 4.69) is 10.3 Å². The van der Waals surface area contributed by atoms with Crippen molar-refractivity contribution in [2.45, 2.75) is 45.3 Å². The van der Waals surface area contributed by atoms with Gasteiger partial charge in [0.15, 0.2) is 0 Å². The first-order valence-electron chi connectivity index (χ1n) is 7.11. The standard InChI is InChI=1S/C14H22N2O3S/c1-9(2)10(17)5-6-15-13(18)12-8-16-14(20-12)11-4-3-7-19-11/h8-11,17H,3-7H2,1-2H3,(H,15,18). The molecule has 0 spiro atoms. The molecule has 2 rings (SSSR count). The average molecular weight is 298 g/mol. The Labute approximate surface area is 123 Å². The first-order valence-corrected chi connectivity index (χ1v) is 7.93. The van der Waals surface area contributed by atoms with Crippen LogP contribution in [0.1, 0.15) is 53.9 Å². The van der Waals surface area contributed by atoms with E-state index in [1.54, 1.807) is 6.20 Å². The summed E-state index contributed by atoms with van der Waals surface area (Å²) in [5.74, 6) is 0.0872. The molecule has 0 aliphatic carbocycles. The minimum atomic E-state index is -0.376. The predicted molar refractivity (Wildman–Crippen MR) is 77.8 cm³/mol. The Morgan fingerprint density at radius 2 is 2.45 bits per heavy atom. The van der Waals surface area contributed by atoms with Crippen molar-refractivity contribution in [2.24, 2.45) is 5.92 Å². The fourth-order valence-electron chi connectivity index (χ4n) is 2.07. The maximum atomic E-state index is 12.0. The molecule has 1 fully saturated rings. The topological polar surface area (TPSA) is 71.5 Å². The molecule has 1 aromatic rings. The minimum absolute atomic E-state index is 0.0595. The van der Waals surface area contributed by atoms with Crippen LogP contribution in [0.15, 0.2) is 6.20 Å². The third kappa shape index (κ3) is 4.01. The van der Waals surface area contributed by atoms with Crippen molar-refractivity contribution in [1.29, 1.82) is 0 Å². The van der Waals surface area contributed by atoms with Crippen LogP contribution in [0.5, 0.6) is 0 Å². The number of carbonyl (C=O) groups is 1. The Bertz CT molecular complexity index is 441. The summed E-state index contributed by atoms with van der Waals surface area (Å²) >= 11 is 1.39. The van der Waals surface area contributed by atoms with Gasteiger partial charge in [0.2, 0.25) is 0 Å². The molecule has 1 saturated heterocycles. The molecule has 2 N–H and O–H groups in total. The molecule has 2 heterocycles. The van der Waals surface area contributed by atoms with E-state index in [1.165, 1.54) is 11.3 Å². The maximum absolute atomic E-state index is 12.0. The minimum Gasteiger partial charge on any atom is -0.393 e. The van der Waals surface area contributed by atoms with Crippen molar-refractivity contribution < 1.29 is 14.6 Å². The van der Waals surface area contributed by atoms with E-state index in [0.29, 0.717) is 17.8 Å². The summed E-state index contributed by atoms with van der Waals surface area (Å²) < 4.78 is 5.55. The first kappa shape index (κ1) is 15.4. The molecule has 0 aromatic carbocycles. The number of hydrogen-bond acceptors (Lipinski definition) is 5. The van der Waals surface area contributed by atoms with Gasteiger partial charge in [-0.1, -0.05) is 13.8 Å². The molecule has 0 bridgehead atoms. The highest BCUT2D eigenvalue weighted by molar-refractivity contribution is 7.13. The molecule has 1 aromatic heterocycles. The number of nitrogens with zero attached hydrogens (tertiary/aromatic N) is 1. The van der Waals surface area contributed by atoms with Crippen molar-refractivity contribution in [3.63, 3.8) is 0 Å². The lowest BCUT2D eigenvalue weighted by Crippen LogP contribution is -2.28. The summed E-state index contributed by atoms with van der Waals surface area (Å²) in [5, 5.41) is 13.4. The van der Waals surface area contributed by atoms with Crippen LogP contribution in [0, 0.1) is 5.92 Å². The van der Waals surface area contributed by atoms with E-state index in [0.717, 1.165) is 24.5 Å². The second-order valence-corrected chi connectivity index (χ2v) is 6.48. The Morgan fingerprint density at radius 3 is 3.10 bits per heavy atom. The number of aromatic nitrogens is 1. The van der Waals surface area contributed by atoms with Crippen LogP contribution in [0.2, 0.25) is 0 Å². The van der Waals surface area contributed by atoms with Crippen LogP contribution in [0.4, 0.5) is 0 Å². The number of aliphatic hydroxyl groups is 1. The Morgan fingerprint density at radius 1 is 1.65 bits per heavy atom. The van der Waals surface area contributed by atoms with Gasteiger partial charge < -0.3 is 15.2 Å². The van der Waals surface area contributed by atoms with Gasteiger partial charge in [0.05, 0.1) is 12.3 Å². The lowest BCUT2D eigenvalue weighted by Gasteiger charge is -2.14. The number of aliphatic hydroxyl groups excluding tert-OH is 1. The molecule has 112 valence electrons. The molecule has 1 amide bonds. The SMILES string of the molecule is CC(C)C(O)CCNC(=O)c1cnc(C2CCCO2)s1. The smallest absolute Gasteiger partial charge is 0.263 e. The molecule has 2 atom stereocenters. The third-order valence-corrected chi connectivity index (χ3v) is 4.54. The van der Waals surface area contributed by atoms with Crippen molar-refractivity contribution in [2.75, 3.05) is 13.2 Å². The van der Waals surface area contributed by atoms with Gasteiger partial charge in [-0.05, 0) is 25.2 Å². The Balaban J connectivity index is 1.80. The van der Waals surface area contributed by atoms with E-state index in [4.69, 9.17) is 4.74 Å². The molecular weight excluding hydrogens is 276 g/mol. The number of thiazole rings is 1. The number of rotatable bonds is 6. The van der Waals surface area contributed by atoms with Crippen LogP contribution in [0.25, 0.3) is 0 Å². The van der Waals surface area contributed by atoms with Crippen LogP contribution >= 0.6 is 11.3 Å². The molecule has 0 radical (unpaired) electrons. The van der Waals surface area contributed by atoms with Gasteiger partial charge in [-0.2, -0.15) is 0 Å². The normalized spacial score (nSPS) is 20.3. The lowest BCUT2D eigenvalue weighted by molar-refractivity contribution is 0.0923. The number of amides is 1. The number of nitrogens with one attached hydrogen (secondary N) is 1. The molecule has 6 heteroatoms. The van der Waals surface area contributed by atoms with E-state index in [9.17, 15) is 9.90 Å². The Hall–Kier alpha value is -0.980. The van der Waals surface area contributed by atoms with Gasteiger partial charge in [-0.3, -0.25) is 4.79 Å². The summed E-state index contributed by atoms with van der Waals surface area (Å²) in [7, 11) is 0. The average Bonchev–Trinajstić information content (AvgIpc) is 3.08. The van der Waals surface area contributed by atoms with Gasteiger partial charge in [-0.25, -0.2) is 4.98 Å². The largest absolute Gasteiger partial charge is 0.393 e. The van der Waals surface area contributed by atoms with Crippen molar-refractivity contribution in [1.82, 2.24) is 10.3 Å². The highest BCUT2D eigenvalue weighted by Gasteiger charge is 2.22. The molecule has 20 heavy (non-hydrogen) atoms. The molecule has 1 aliphatic rings. The fourth-order valence-corrected chi connectivity index (χ4v) is 2.99. The van der Waals surface area contributed by atoms with Crippen molar-refractivity contribution in [3.8, 4) is 0 Å². The van der Waals surface area contributed by atoms with Crippen molar-refractivity contribution in [3.05, 3.63) is 16.1 Å². The first-order chi connectivity index (χ1) is 9.58. The van der Waals surface area contributed by atoms with Gasteiger partial charge >= 0.3 is 0 Å². The van der Waals surface area contributed by atoms with Crippen LogP contribution in [0.3, 0.4) is 0 Å². The van der Waals surface area contributed by atoms with E-state index in [-0.39, 0.29) is 24.0 Å². The monoisotopic (exact) mass is 298 g/mol. The van der Waals surface area contributed by atoms with Gasteiger partial charge in [-0.15, -0.1) is 11.3 Å². The molecular formula is C14H22N2O3S. The maximum Gasteiger partial charge on any atom is 0.263 e. The molecule has 5 nitrogen and oxygen atoms in total. The third-order valence-electron chi connectivity index (χ3n) is 3.45. The predicted octanol–water partition coefficient (Wildman–Crippen LogP) is 2.13. The summed E-state index contributed by atoms with van der Waals surface area (Å²) in [5.41, 5.74) is 0. The van der Waals surface area contributed by atoms with E-state index >= 15 is 0 Å². The van der Waals surface area contributed by atoms with Crippen LogP contribution in [-0.4, -0.2) is 35.3 Å². The van der Waals surface area contributed by atoms with Gasteiger partial charge in [0.1, 0.15) is 16.0 Å². The number of carbonyl (C=O) groups excluding carboxylic acids is 1. The number of ether oxygens (including phenoxy) is 1. The highest BCUT2D eigenvalue weighted by Crippen LogP contribution is 2.31. The van der Waals surface area contributed by atoms with Gasteiger partial charge in [0, 0.05) is 13.2 Å². The lowest BCUT2D eigenvalue weighted by atomic mass is 10.0. The fraction of sp³-hybridized carbons (Fsp3) is 0.714. The summed E-state index contributed by atoms with van der Waals surface area (Å²) in [4.78, 5) is 16.8. The quantitative estimate of drug-likeness (QED) is 0.844. The second-order valence-electron chi connectivity index (χ2n) is 5.42. The Kier molecular flexibility index (Phi) is 5.51. The zero-order valence-corrected chi connectivity index (χ0v) is 12.8. The summed E-state index contributed by atoms with van der Waals surface area (Å²) in [6, 6.07) is 0. The van der Waals surface area contributed by atoms with E-state index in [1.807, 2.05) is 13.8 Å². The van der Waals surface area contributed by atoms with E-state index < -0.39 is 0 Å². The highest BCUT2D eigenvalue weighted by atomic mass is 32.1. The number of hydrogen-bond donors (Lipinski definition) is 2. The molecule has 1 aliphatic heterocycles. The molecule has 0 saturated carbocycles. The molecule has 2 unspecified atom stereocenters. The zero-order valence-electron chi connectivity index (χ0n) is 12.0.